The Morgan fingerprint density at radius 3 is 0.910 bits per heavy atom. The molecular weight excluding hydrogens is 829 g/mol. The lowest BCUT2D eigenvalue weighted by Crippen LogP contribution is -2.30. The topological polar surface area (TPSA) is 78.9 Å². The van der Waals surface area contributed by atoms with E-state index in [1.807, 2.05) is 0 Å². The van der Waals surface area contributed by atoms with Crippen LogP contribution in [0.25, 0.3) is 0 Å². The molecule has 0 rings (SSSR count). The van der Waals surface area contributed by atoms with Gasteiger partial charge in [0, 0.05) is 19.3 Å². The van der Waals surface area contributed by atoms with Crippen molar-refractivity contribution in [2.75, 3.05) is 13.2 Å². The summed E-state index contributed by atoms with van der Waals surface area (Å²) in [5.74, 6) is -0.863. The molecule has 0 amide bonds. The lowest BCUT2D eigenvalue weighted by molar-refractivity contribution is -0.167. The van der Waals surface area contributed by atoms with Crippen molar-refractivity contribution in [3.05, 3.63) is 48.6 Å². The Labute approximate surface area is 416 Å². The van der Waals surface area contributed by atoms with Gasteiger partial charge in [-0.1, -0.05) is 275 Å². The summed E-state index contributed by atoms with van der Waals surface area (Å²) in [6.07, 6.45) is 68.7. The van der Waals surface area contributed by atoms with Gasteiger partial charge in [0.25, 0.3) is 0 Å². The van der Waals surface area contributed by atoms with E-state index in [1.54, 1.807) is 0 Å². The van der Waals surface area contributed by atoms with E-state index in [0.29, 0.717) is 19.3 Å². The van der Waals surface area contributed by atoms with E-state index >= 15 is 0 Å². The number of esters is 3. The molecule has 0 N–H and O–H groups in total. The second-order valence-electron chi connectivity index (χ2n) is 19.5. The van der Waals surface area contributed by atoms with Crippen LogP contribution in [0.2, 0.25) is 0 Å². The minimum atomic E-state index is -0.763. The average Bonchev–Trinajstić information content (AvgIpc) is 3.33. The maximum absolute atomic E-state index is 12.7. The molecule has 6 nitrogen and oxygen atoms in total. The van der Waals surface area contributed by atoms with Crippen LogP contribution in [0.4, 0.5) is 0 Å². The summed E-state index contributed by atoms with van der Waals surface area (Å²) >= 11 is 0. The first-order valence-electron chi connectivity index (χ1n) is 29.1. The highest BCUT2D eigenvalue weighted by molar-refractivity contribution is 5.71. The molecule has 0 bridgehead atoms. The second kappa shape index (κ2) is 56.0. The third kappa shape index (κ3) is 54.2. The fourth-order valence-corrected chi connectivity index (χ4v) is 8.49. The highest BCUT2D eigenvalue weighted by Gasteiger charge is 2.19. The minimum absolute atomic E-state index is 0.0675. The molecule has 0 aliphatic heterocycles. The molecule has 67 heavy (non-hydrogen) atoms. The highest BCUT2D eigenvalue weighted by atomic mass is 16.6. The molecule has 0 radical (unpaired) electrons. The lowest BCUT2D eigenvalue weighted by atomic mass is 10.0. The van der Waals surface area contributed by atoms with Crippen molar-refractivity contribution in [1.29, 1.82) is 0 Å². The quantitative estimate of drug-likeness (QED) is 0.0262. The van der Waals surface area contributed by atoms with Gasteiger partial charge >= 0.3 is 17.9 Å². The van der Waals surface area contributed by atoms with Gasteiger partial charge in [-0.3, -0.25) is 14.4 Å². The smallest absolute Gasteiger partial charge is 0.306 e. The number of carbonyl (C=O) groups excluding carboxylic acids is 3. The van der Waals surface area contributed by atoms with E-state index in [0.717, 1.165) is 83.5 Å². The third-order valence-electron chi connectivity index (χ3n) is 12.8. The zero-order valence-electron chi connectivity index (χ0n) is 44.7. The first kappa shape index (κ1) is 64.4. The van der Waals surface area contributed by atoms with E-state index in [4.69, 9.17) is 14.2 Å². The van der Waals surface area contributed by atoms with Gasteiger partial charge in [-0.15, -0.1) is 0 Å². The standard InChI is InChI=1S/C61H110O6/c1-4-7-10-13-16-18-20-22-23-24-25-26-27-28-29-30-31-32-33-34-35-36-37-38-39-40-42-43-45-48-51-54-60(63)66-57-58(56-65-59(62)53-50-47-15-12-9-6-3)67-61(64)55-52-49-46-44-41-21-19-17-14-11-8-5-2/h7,10,16,18,22-23,25-26,58H,4-6,8-9,11-15,17,19-21,24,27-57H2,1-3H3/b10-7-,18-16-,23-22-,26-25-. The van der Waals surface area contributed by atoms with Crippen LogP contribution >= 0.6 is 0 Å². The molecule has 1 unspecified atom stereocenters. The van der Waals surface area contributed by atoms with Gasteiger partial charge in [0.15, 0.2) is 6.10 Å². The molecule has 0 aliphatic carbocycles. The first-order valence-corrected chi connectivity index (χ1v) is 29.1. The van der Waals surface area contributed by atoms with E-state index in [9.17, 15) is 14.4 Å². The number of ether oxygens (including phenoxy) is 3. The SMILES string of the molecule is CC/C=C\C/C=C\C/C=C\C/C=C\CCCCCCCCCCCCCCCCCCCCC(=O)OCC(COC(=O)CCCCCCCC)OC(=O)CCCCCCCCCCCCCC. The fraction of sp³-hybridized carbons (Fsp3) is 0.820. The molecule has 6 heteroatoms. The Kier molecular flexibility index (Phi) is 53.8. The summed E-state index contributed by atoms with van der Waals surface area (Å²) in [6.45, 7) is 6.49. The predicted octanol–water partition coefficient (Wildman–Crippen LogP) is 19.4. The summed E-state index contributed by atoms with van der Waals surface area (Å²) in [5.41, 5.74) is 0. The Morgan fingerprint density at radius 1 is 0.313 bits per heavy atom. The predicted molar refractivity (Wildman–Crippen MR) is 289 cm³/mol. The number of allylic oxidation sites excluding steroid dienone is 8. The molecule has 0 aromatic heterocycles. The van der Waals surface area contributed by atoms with Crippen LogP contribution < -0.4 is 0 Å². The van der Waals surface area contributed by atoms with Crippen LogP contribution in [0.3, 0.4) is 0 Å². The van der Waals surface area contributed by atoms with Crippen LogP contribution in [-0.4, -0.2) is 37.2 Å². The average molecular weight is 940 g/mol. The summed E-state index contributed by atoms with van der Waals surface area (Å²) in [5, 5.41) is 0. The number of hydrogen-bond acceptors (Lipinski definition) is 6. The van der Waals surface area contributed by atoms with Gasteiger partial charge in [-0.2, -0.15) is 0 Å². The molecule has 0 saturated carbocycles. The van der Waals surface area contributed by atoms with E-state index < -0.39 is 6.10 Å². The number of unbranched alkanes of at least 4 members (excludes halogenated alkanes) is 34. The van der Waals surface area contributed by atoms with Gasteiger partial charge in [-0.05, 0) is 57.8 Å². The molecule has 0 aromatic carbocycles. The summed E-state index contributed by atoms with van der Waals surface area (Å²) in [6, 6.07) is 0. The molecule has 0 fully saturated rings. The van der Waals surface area contributed by atoms with Crippen molar-refractivity contribution in [3.63, 3.8) is 0 Å². The minimum Gasteiger partial charge on any atom is -0.462 e. The molecular formula is C61H110O6. The summed E-state index contributed by atoms with van der Waals surface area (Å²) in [4.78, 5) is 37.8. The number of hydrogen-bond donors (Lipinski definition) is 0. The van der Waals surface area contributed by atoms with E-state index in [2.05, 4.69) is 69.4 Å². The number of rotatable bonds is 53. The molecule has 390 valence electrons. The van der Waals surface area contributed by atoms with Gasteiger partial charge in [-0.25, -0.2) is 0 Å². The van der Waals surface area contributed by atoms with E-state index in [-0.39, 0.29) is 31.1 Å². The largest absolute Gasteiger partial charge is 0.462 e. The molecule has 0 aliphatic rings. The van der Waals surface area contributed by atoms with Crippen LogP contribution in [0.5, 0.6) is 0 Å². The zero-order valence-corrected chi connectivity index (χ0v) is 44.7. The second-order valence-corrected chi connectivity index (χ2v) is 19.5. The number of carbonyl (C=O) groups is 3. The van der Waals surface area contributed by atoms with E-state index in [1.165, 1.54) is 180 Å². The van der Waals surface area contributed by atoms with Gasteiger partial charge in [0.1, 0.15) is 13.2 Å². The van der Waals surface area contributed by atoms with Crippen molar-refractivity contribution in [2.45, 2.75) is 309 Å². The summed E-state index contributed by atoms with van der Waals surface area (Å²) < 4.78 is 16.7. The molecule has 0 heterocycles. The highest BCUT2D eigenvalue weighted by Crippen LogP contribution is 2.17. The maximum Gasteiger partial charge on any atom is 0.306 e. The normalized spacial score (nSPS) is 12.3. The van der Waals surface area contributed by atoms with Crippen LogP contribution in [0.15, 0.2) is 48.6 Å². The van der Waals surface area contributed by atoms with Crippen LogP contribution in [0, 0.1) is 0 Å². The van der Waals surface area contributed by atoms with Gasteiger partial charge in [0.05, 0.1) is 0 Å². The monoisotopic (exact) mass is 939 g/mol. The fourth-order valence-electron chi connectivity index (χ4n) is 8.49. The van der Waals surface area contributed by atoms with Crippen molar-refractivity contribution in [2.24, 2.45) is 0 Å². The van der Waals surface area contributed by atoms with Crippen molar-refractivity contribution >= 4 is 17.9 Å². The maximum atomic E-state index is 12.7. The first-order chi connectivity index (χ1) is 33.0. The Bertz CT molecular complexity index is 1170. The summed E-state index contributed by atoms with van der Waals surface area (Å²) in [7, 11) is 0. The van der Waals surface area contributed by atoms with Crippen LogP contribution in [-0.2, 0) is 28.6 Å². The van der Waals surface area contributed by atoms with Crippen molar-refractivity contribution in [1.82, 2.24) is 0 Å². The Hall–Kier alpha value is -2.63. The van der Waals surface area contributed by atoms with Crippen LogP contribution in [0.1, 0.15) is 303 Å². The lowest BCUT2D eigenvalue weighted by Gasteiger charge is -2.18. The molecule has 0 spiro atoms. The Morgan fingerprint density at radius 2 is 0.582 bits per heavy atom. The van der Waals surface area contributed by atoms with Crippen molar-refractivity contribution in [3.8, 4) is 0 Å². The zero-order chi connectivity index (χ0) is 48.6. The third-order valence-corrected chi connectivity index (χ3v) is 12.8. The van der Waals surface area contributed by atoms with Gasteiger partial charge < -0.3 is 14.2 Å². The van der Waals surface area contributed by atoms with Crippen molar-refractivity contribution < 1.29 is 28.6 Å². The molecule has 1 atom stereocenters. The molecule has 0 saturated heterocycles. The van der Waals surface area contributed by atoms with Gasteiger partial charge in [0.2, 0.25) is 0 Å². The molecule has 0 aromatic rings. The Balaban J connectivity index is 3.93.